The van der Waals surface area contributed by atoms with E-state index >= 15 is 0 Å². The summed E-state index contributed by atoms with van der Waals surface area (Å²) in [6.07, 6.45) is 19.4. The van der Waals surface area contributed by atoms with Crippen LogP contribution in [0.5, 0.6) is 5.75 Å². The van der Waals surface area contributed by atoms with E-state index in [1.54, 1.807) is 0 Å². The lowest BCUT2D eigenvalue weighted by Gasteiger charge is -2.06. The number of ketones is 1. The molecule has 0 aliphatic carbocycles. The average Bonchev–Trinajstić information content (AvgIpc) is 2.70. The number of unbranched alkanes of at least 4 members (excludes halogenated alkanes) is 14. The molecule has 29 heavy (non-hydrogen) atoms. The monoisotopic (exact) mass is 404 g/mol. The highest BCUT2D eigenvalue weighted by Crippen LogP contribution is 2.24. The van der Waals surface area contributed by atoms with Crippen molar-refractivity contribution in [1.82, 2.24) is 0 Å². The van der Waals surface area contributed by atoms with Crippen molar-refractivity contribution in [2.45, 2.75) is 110 Å². The van der Waals surface area contributed by atoms with E-state index in [2.05, 4.69) is 6.92 Å². The molecule has 0 heterocycles. The molecule has 0 radical (unpaired) electrons. The smallest absolute Gasteiger partial charge is 0.339 e. The summed E-state index contributed by atoms with van der Waals surface area (Å²) in [4.78, 5) is 23.3. The fourth-order valence-electron chi connectivity index (χ4n) is 3.73. The summed E-state index contributed by atoms with van der Waals surface area (Å²) >= 11 is 0. The Morgan fingerprint density at radius 2 is 1.10 bits per heavy atom. The number of carboxylic acids is 1. The highest BCUT2D eigenvalue weighted by atomic mass is 16.4. The van der Waals surface area contributed by atoms with Gasteiger partial charge < -0.3 is 10.2 Å². The van der Waals surface area contributed by atoms with Gasteiger partial charge in [-0.15, -0.1) is 0 Å². The number of carbonyl (C=O) groups is 2. The number of carbonyl (C=O) groups excluding carboxylic acids is 1. The van der Waals surface area contributed by atoms with Gasteiger partial charge in [-0.05, 0) is 18.6 Å². The molecular weight excluding hydrogens is 364 g/mol. The van der Waals surface area contributed by atoms with E-state index < -0.39 is 11.7 Å². The minimum atomic E-state index is -1.22. The first kappa shape index (κ1) is 25.2. The molecule has 0 aliphatic heterocycles. The van der Waals surface area contributed by atoms with Gasteiger partial charge in [-0.3, -0.25) is 4.79 Å². The maximum Gasteiger partial charge on any atom is 0.339 e. The van der Waals surface area contributed by atoms with Crippen LogP contribution < -0.4 is 0 Å². The van der Waals surface area contributed by atoms with E-state index in [4.69, 9.17) is 5.11 Å². The Bertz CT molecular complexity index is 594. The van der Waals surface area contributed by atoms with Crippen molar-refractivity contribution in [3.63, 3.8) is 0 Å². The Labute approximate surface area is 176 Å². The van der Waals surface area contributed by atoms with Crippen LogP contribution in [0.25, 0.3) is 0 Å². The first-order chi connectivity index (χ1) is 14.1. The molecule has 0 saturated carbocycles. The molecule has 2 N–H and O–H groups in total. The summed E-state index contributed by atoms with van der Waals surface area (Å²) in [6.45, 7) is 2.26. The number of aromatic carboxylic acids is 1. The molecule has 1 rings (SSSR count). The summed E-state index contributed by atoms with van der Waals surface area (Å²) in [6, 6.07) is 4.31. The third-order valence-electron chi connectivity index (χ3n) is 5.57. The molecule has 4 heteroatoms. The van der Waals surface area contributed by atoms with Crippen LogP contribution in [0.4, 0.5) is 0 Å². The predicted molar refractivity (Wildman–Crippen MR) is 119 cm³/mol. The molecule has 0 aliphatic rings. The van der Waals surface area contributed by atoms with E-state index in [0.717, 1.165) is 19.3 Å². The molecule has 4 nitrogen and oxygen atoms in total. The lowest BCUT2D eigenvalue weighted by Crippen LogP contribution is -2.04. The van der Waals surface area contributed by atoms with Gasteiger partial charge in [0, 0.05) is 6.42 Å². The summed E-state index contributed by atoms with van der Waals surface area (Å²) in [5.74, 6) is -1.81. The summed E-state index contributed by atoms with van der Waals surface area (Å²) < 4.78 is 0. The maximum atomic E-state index is 12.2. The molecule has 0 aromatic heterocycles. The number of Topliss-reactive ketones (excluding diaryl/α,β-unsaturated/α-hetero) is 1. The first-order valence-corrected chi connectivity index (χ1v) is 11.7. The van der Waals surface area contributed by atoms with Crippen LogP contribution in [-0.4, -0.2) is 22.0 Å². The Kier molecular flexibility index (Phi) is 13.9. The topological polar surface area (TPSA) is 74.6 Å². The molecule has 0 saturated heterocycles. The summed E-state index contributed by atoms with van der Waals surface area (Å²) in [5, 5.41) is 19.0. The normalized spacial score (nSPS) is 10.9. The second-order valence-electron chi connectivity index (χ2n) is 8.13. The fraction of sp³-hybridized carbons (Fsp3) is 0.680. The third-order valence-corrected chi connectivity index (χ3v) is 5.57. The van der Waals surface area contributed by atoms with Crippen LogP contribution >= 0.6 is 0 Å². The highest BCUT2D eigenvalue weighted by Gasteiger charge is 2.17. The zero-order chi connectivity index (χ0) is 21.3. The lowest BCUT2D eigenvalue weighted by molar-refractivity contribution is 0.0693. The molecule has 1 aromatic carbocycles. The zero-order valence-electron chi connectivity index (χ0n) is 18.3. The number of phenols is 1. The van der Waals surface area contributed by atoms with Gasteiger partial charge in [-0.25, -0.2) is 4.79 Å². The SMILES string of the molecule is CCCCCCCCCCCCCCCCCC(=O)c1cccc(C(=O)O)c1O. The summed E-state index contributed by atoms with van der Waals surface area (Å²) in [5.41, 5.74) is -0.0948. The molecule has 0 fully saturated rings. The van der Waals surface area contributed by atoms with E-state index in [9.17, 15) is 14.7 Å². The first-order valence-electron chi connectivity index (χ1n) is 11.7. The summed E-state index contributed by atoms with van der Waals surface area (Å²) in [7, 11) is 0. The number of rotatable bonds is 18. The van der Waals surface area contributed by atoms with E-state index in [-0.39, 0.29) is 16.9 Å². The van der Waals surface area contributed by atoms with Gasteiger partial charge in [-0.1, -0.05) is 103 Å². The number of hydrogen-bond acceptors (Lipinski definition) is 3. The van der Waals surface area contributed by atoms with E-state index in [1.165, 1.54) is 95.2 Å². The molecular formula is C25H40O4. The number of para-hydroxylation sites is 1. The van der Waals surface area contributed by atoms with Gasteiger partial charge in [-0.2, -0.15) is 0 Å². The van der Waals surface area contributed by atoms with Crippen molar-refractivity contribution < 1.29 is 19.8 Å². The van der Waals surface area contributed by atoms with Crippen molar-refractivity contribution in [3.8, 4) is 5.75 Å². The largest absolute Gasteiger partial charge is 0.506 e. The average molecular weight is 405 g/mol. The van der Waals surface area contributed by atoms with Gasteiger partial charge >= 0.3 is 5.97 Å². The van der Waals surface area contributed by atoms with Crippen molar-refractivity contribution in [2.24, 2.45) is 0 Å². The van der Waals surface area contributed by atoms with Crippen molar-refractivity contribution in [2.75, 3.05) is 0 Å². The molecule has 0 atom stereocenters. The molecule has 164 valence electrons. The van der Waals surface area contributed by atoms with Gasteiger partial charge in [0.2, 0.25) is 0 Å². The minimum absolute atomic E-state index is 0.121. The second kappa shape index (κ2) is 16.0. The van der Waals surface area contributed by atoms with Gasteiger partial charge in [0.15, 0.2) is 5.78 Å². The third kappa shape index (κ3) is 11.1. The van der Waals surface area contributed by atoms with E-state index in [0.29, 0.717) is 6.42 Å². The predicted octanol–water partition coefficient (Wildman–Crippen LogP) is 7.53. The van der Waals surface area contributed by atoms with Crippen LogP contribution in [0.2, 0.25) is 0 Å². The Hall–Kier alpha value is -1.84. The van der Waals surface area contributed by atoms with Crippen LogP contribution in [0.15, 0.2) is 18.2 Å². The molecule has 0 amide bonds. The highest BCUT2D eigenvalue weighted by molar-refractivity contribution is 6.02. The van der Waals surface area contributed by atoms with Gasteiger partial charge in [0.25, 0.3) is 0 Å². The number of aromatic hydroxyl groups is 1. The number of carboxylic acid groups (broad SMARTS) is 1. The van der Waals surface area contributed by atoms with Gasteiger partial charge in [0.1, 0.15) is 11.3 Å². The fourth-order valence-corrected chi connectivity index (χ4v) is 3.73. The molecule has 0 unspecified atom stereocenters. The maximum absolute atomic E-state index is 12.2. The van der Waals surface area contributed by atoms with Crippen molar-refractivity contribution >= 4 is 11.8 Å². The quantitative estimate of drug-likeness (QED) is 0.196. The van der Waals surface area contributed by atoms with Crippen LogP contribution in [0.3, 0.4) is 0 Å². The Morgan fingerprint density at radius 3 is 1.55 bits per heavy atom. The van der Waals surface area contributed by atoms with Crippen LogP contribution in [0, 0.1) is 0 Å². The minimum Gasteiger partial charge on any atom is -0.506 e. The van der Waals surface area contributed by atoms with E-state index in [1.807, 2.05) is 0 Å². The standard InChI is InChI=1S/C25H40O4/c1-2-3-4-5-6-7-8-9-10-11-12-13-14-15-16-20-23(26)21-18-17-19-22(24(21)27)25(28)29/h17-19,27H,2-16,20H2,1H3,(H,28,29). The Morgan fingerprint density at radius 1 is 0.690 bits per heavy atom. The number of hydrogen-bond donors (Lipinski definition) is 2. The lowest BCUT2D eigenvalue weighted by atomic mass is 10.00. The van der Waals surface area contributed by atoms with Crippen molar-refractivity contribution in [1.29, 1.82) is 0 Å². The van der Waals surface area contributed by atoms with Crippen molar-refractivity contribution in [3.05, 3.63) is 29.3 Å². The van der Waals surface area contributed by atoms with Crippen LogP contribution in [0.1, 0.15) is 130 Å². The molecule has 1 aromatic rings. The molecule has 0 spiro atoms. The Balaban J connectivity index is 1.99. The zero-order valence-corrected chi connectivity index (χ0v) is 18.3. The van der Waals surface area contributed by atoms with Gasteiger partial charge in [0.05, 0.1) is 5.56 Å². The second-order valence-corrected chi connectivity index (χ2v) is 8.13. The number of benzene rings is 1. The molecule has 0 bridgehead atoms. The van der Waals surface area contributed by atoms with Crippen LogP contribution in [-0.2, 0) is 0 Å².